The number of carboxylic acids is 1. The van der Waals surface area contributed by atoms with Crippen molar-refractivity contribution >= 4 is 5.97 Å². The number of hydrogen-bond donors (Lipinski definition) is 2. The Bertz CT molecular complexity index is 283. The molecule has 16 heavy (non-hydrogen) atoms. The molecular formula is C13H22O3. The molecule has 2 aliphatic carbocycles. The molecule has 2 aliphatic rings. The van der Waals surface area contributed by atoms with Crippen LogP contribution in [0.4, 0.5) is 0 Å². The summed E-state index contributed by atoms with van der Waals surface area (Å²) >= 11 is 0. The number of aliphatic carboxylic acids is 1. The van der Waals surface area contributed by atoms with Gasteiger partial charge in [-0.1, -0.05) is 26.2 Å². The monoisotopic (exact) mass is 226 g/mol. The molecule has 2 saturated carbocycles. The summed E-state index contributed by atoms with van der Waals surface area (Å²) in [7, 11) is 0. The molecule has 92 valence electrons. The highest BCUT2D eigenvalue weighted by Gasteiger charge is 2.63. The molecule has 2 rings (SSSR count). The normalized spacial score (nSPS) is 37.8. The second-order valence-electron chi connectivity index (χ2n) is 5.62. The van der Waals surface area contributed by atoms with Gasteiger partial charge in [-0.05, 0) is 38.0 Å². The molecule has 3 heteroatoms. The highest BCUT2D eigenvalue weighted by Crippen LogP contribution is 2.58. The molecule has 2 atom stereocenters. The molecule has 0 aliphatic heterocycles. The third kappa shape index (κ3) is 1.75. The van der Waals surface area contributed by atoms with Gasteiger partial charge >= 0.3 is 5.97 Å². The van der Waals surface area contributed by atoms with Gasteiger partial charge in [-0.25, -0.2) is 0 Å². The van der Waals surface area contributed by atoms with Gasteiger partial charge in [0.05, 0.1) is 11.0 Å². The van der Waals surface area contributed by atoms with E-state index in [1.54, 1.807) is 0 Å². The third-order valence-electron chi connectivity index (χ3n) is 4.80. The predicted molar refractivity (Wildman–Crippen MR) is 61.1 cm³/mol. The first kappa shape index (κ1) is 11.9. The van der Waals surface area contributed by atoms with Crippen LogP contribution >= 0.6 is 0 Å². The molecule has 0 amide bonds. The Morgan fingerprint density at radius 3 is 2.44 bits per heavy atom. The molecular weight excluding hydrogens is 204 g/mol. The van der Waals surface area contributed by atoms with Gasteiger partial charge in [-0.3, -0.25) is 4.79 Å². The maximum absolute atomic E-state index is 11.3. The lowest BCUT2D eigenvalue weighted by Crippen LogP contribution is -2.44. The molecule has 0 radical (unpaired) electrons. The van der Waals surface area contributed by atoms with Crippen molar-refractivity contribution in [1.29, 1.82) is 0 Å². The average Bonchev–Trinajstić information content (AvgIpc) is 3.02. The van der Waals surface area contributed by atoms with Gasteiger partial charge < -0.3 is 10.2 Å². The molecule has 0 aromatic carbocycles. The van der Waals surface area contributed by atoms with Crippen LogP contribution in [0.1, 0.15) is 58.3 Å². The Morgan fingerprint density at radius 1 is 1.25 bits per heavy atom. The van der Waals surface area contributed by atoms with Crippen LogP contribution in [-0.2, 0) is 4.79 Å². The SMILES string of the molecule is CCC1CCCC(O)(C2(C(=O)O)CC2)CC1. The molecule has 3 nitrogen and oxygen atoms in total. The van der Waals surface area contributed by atoms with E-state index >= 15 is 0 Å². The van der Waals surface area contributed by atoms with Crippen LogP contribution in [0.3, 0.4) is 0 Å². The van der Waals surface area contributed by atoms with Crippen LogP contribution in [0.15, 0.2) is 0 Å². The summed E-state index contributed by atoms with van der Waals surface area (Å²) in [4.78, 5) is 11.3. The summed E-state index contributed by atoms with van der Waals surface area (Å²) in [6.45, 7) is 2.18. The van der Waals surface area contributed by atoms with Crippen LogP contribution in [0.25, 0.3) is 0 Å². The van der Waals surface area contributed by atoms with E-state index in [1.165, 1.54) is 0 Å². The van der Waals surface area contributed by atoms with Crippen LogP contribution in [-0.4, -0.2) is 21.8 Å². The van der Waals surface area contributed by atoms with E-state index in [0.717, 1.165) is 25.7 Å². The van der Waals surface area contributed by atoms with Gasteiger partial charge in [0.2, 0.25) is 0 Å². The van der Waals surface area contributed by atoms with Crippen LogP contribution in [0.5, 0.6) is 0 Å². The van der Waals surface area contributed by atoms with Crippen molar-refractivity contribution in [2.45, 2.75) is 63.9 Å². The van der Waals surface area contributed by atoms with E-state index in [1.807, 2.05) is 0 Å². The average molecular weight is 226 g/mol. The van der Waals surface area contributed by atoms with E-state index in [4.69, 9.17) is 0 Å². The number of carboxylic acid groups (broad SMARTS) is 1. The van der Waals surface area contributed by atoms with Crippen molar-refractivity contribution in [1.82, 2.24) is 0 Å². The van der Waals surface area contributed by atoms with Crippen molar-refractivity contribution in [2.24, 2.45) is 11.3 Å². The van der Waals surface area contributed by atoms with Gasteiger partial charge in [0, 0.05) is 0 Å². The van der Waals surface area contributed by atoms with Crippen LogP contribution in [0, 0.1) is 11.3 Å². The fraction of sp³-hybridized carbons (Fsp3) is 0.923. The van der Waals surface area contributed by atoms with E-state index < -0.39 is 17.0 Å². The lowest BCUT2D eigenvalue weighted by atomic mass is 9.78. The molecule has 0 aromatic heterocycles. The molecule has 0 bridgehead atoms. The van der Waals surface area contributed by atoms with Gasteiger partial charge in [0.25, 0.3) is 0 Å². The van der Waals surface area contributed by atoms with E-state index in [2.05, 4.69) is 6.92 Å². The Balaban J connectivity index is 2.10. The van der Waals surface area contributed by atoms with Crippen molar-refractivity contribution < 1.29 is 15.0 Å². The zero-order valence-corrected chi connectivity index (χ0v) is 10.0. The predicted octanol–water partition coefficient (Wildman–Crippen LogP) is 2.57. The zero-order chi connectivity index (χ0) is 11.8. The Labute approximate surface area is 96.9 Å². The first-order valence-corrected chi connectivity index (χ1v) is 6.50. The molecule has 2 fully saturated rings. The van der Waals surface area contributed by atoms with E-state index in [9.17, 15) is 15.0 Å². The number of carbonyl (C=O) groups is 1. The maximum atomic E-state index is 11.3. The van der Waals surface area contributed by atoms with Gasteiger partial charge in [-0.2, -0.15) is 0 Å². The van der Waals surface area contributed by atoms with Gasteiger partial charge in [0.15, 0.2) is 0 Å². The smallest absolute Gasteiger partial charge is 0.312 e. The summed E-state index contributed by atoms with van der Waals surface area (Å²) in [5, 5.41) is 19.9. The maximum Gasteiger partial charge on any atom is 0.312 e. The standard InChI is InChI=1S/C13H22O3/c1-2-10-4-3-6-13(16,7-5-10)12(8-9-12)11(14)15/h10,16H,2-9H2,1H3,(H,14,15). The largest absolute Gasteiger partial charge is 0.481 e. The van der Waals surface area contributed by atoms with Crippen LogP contribution < -0.4 is 0 Å². The fourth-order valence-corrected chi connectivity index (χ4v) is 3.29. The highest BCUT2D eigenvalue weighted by molar-refractivity contribution is 5.79. The number of rotatable bonds is 3. The van der Waals surface area contributed by atoms with E-state index in [-0.39, 0.29) is 0 Å². The number of hydrogen-bond acceptors (Lipinski definition) is 2. The number of aliphatic hydroxyl groups is 1. The highest BCUT2D eigenvalue weighted by atomic mass is 16.4. The lowest BCUT2D eigenvalue weighted by Gasteiger charge is -2.33. The molecule has 0 aromatic rings. The second kappa shape index (κ2) is 4.02. The summed E-state index contributed by atoms with van der Waals surface area (Å²) < 4.78 is 0. The zero-order valence-electron chi connectivity index (χ0n) is 10.0. The minimum Gasteiger partial charge on any atom is -0.481 e. The Kier molecular flexibility index (Phi) is 2.99. The minimum absolute atomic E-state index is 0.662. The minimum atomic E-state index is -0.928. The second-order valence-corrected chi connectivity index (χ2v) is 5.62. The van der Waals surface area contributed by atoms with Crippen molar-refractivity contribution in [3.8, 4) is 0 Å². The van der Waals surface area contributed by atoms with E-state index in [0.29, 0.717) is 31.6 Å². The Morgan fingerprint density at radius 2 is 1.94 bits per heavy atom. The van der Waals surface area contributed by atoms with Crippen molar-refractivity contribution in [3.63, 3.8) is 0 Å². The lowest BCUT2D eigenvalue weighted by molar-refractivity contribution is -0.157. The van der Waals surface area contributed by atoms with Crippen LogP contribution in [0.2, 0.25) is 0 Å². The molecule has 0 heterocycles. The summed E-state index contributed by atoms with van der Waals surface area (Å²) in [5.74, 6) is -0.108. The molecule has 0 saturated heterocycles. The van der Waals surface area contributed by atoms with Gasteiger partial charge in [-0.15, -0.1) is 0 Å². The molecule has 2 N–H and O–H groups in total. The Hall–Kier alpha value is -0.570. The molecule has 0 spiro atoms. The summed E-state index contributed by atoms with van der Waals surface area (Å²) in [5.41, 5.74) is -1.72. The first-order valence-electron chi connectivity index (χ1n) is 6.50. The summed E-state index contributed by atoms with van der Waals surface area (Å²) in [6.07, 6.45) is 6.94. The van der Waals surface area contributed by atoms with Gasteiger partial charge in [0.1, 0.15) is 0 Å². The topological polar surface area (TPSA) is 57.5 Å². The molecule has 2 unspecified atom stereocenters. The first-order chi connectivity index (χ1) is 7.54. The summed E-state index contributed by atoms with van der Waals surface area (Å²) in [6, 6.07) is 0. The quantitative estimate of drug-likeness (QED) is 0.727. The van der Waals surface area contributed by atoms with Crippen molar-refractivity contribution in [3.05, 3.63) is 0 Å². The fourth-order valence-electron chi connectivity index (χ4n) is 3.29. The third-order valence-corrected chi connectivity index (χ3v) is 4.80. The van der Waals surface area contributed by atoms with Crippen molar-refractivity contribution in [2.75, 3.05) is 0 Å².